The highest BCUT2D eigenvalue weighted by Gasteiger charge is 2.31. The maximum atomic E-state index is 11.7. The molecule has 1 unspecified atom stereocenters. The van der Waals surface area contributed by atoms with Crippen LogP contribution in [0.1, 0.15) is 18.5 Å². The molecular weight excluding hydrogens is 228 g/mol. The molecular formula is C11H11ClN2O2. The Morgan fingerprint density at radius 2 is 1.94 bits per heavy atom. The fraction of sp³-hybridized carbons (Fsp3) is 0.273. The third-order valence-electron chi connectivity index (χ3n) is 2.48. The van der Waals surface area contributed by atoms with E-state index in [4.69, 9.17) is 11.6 Å². The monoisotopic (exact) mass is 238 g/mol. The predicted octanol–water partition coefficient (Wildman–Crippen LogP) is 1.02. The second kappa shape index (κ2) is 4.14. The van der Waals surface area contributed by atoms with Gasteiger partial charge in [-0.3, -0.25) is 9.59 Å². The molecule has 1 aromatic rings. The summed E-state index contributed by atoms with van der Waals surface area (Å²) in [5, 5.41) is 5.79. The van der Waals surface area contributed by atoms with Crippen LogP contribution in [-0.4, -0.2) is 17.9 Å². The summed E-state index contributed by atoms with van der Waals surface area (Å²) in [7, 11) is 0. The smallest absolute Gasteiger partial charge is 0.247 e. The maximum Gasteiger partial charge on any atom is 0.247 e. The van der Waals surface area contributed by atoms with Crippen LogP contribution < -0.4 is 10.6 Å². The first-order chi connectivity index (χ1) is 7.58. The van der Waals surface area contributed by atoms with E-state index in [1.165, 1.54) is 0 Å². The summed E-state index contributed by atoms with van der Waals surface area (Å²) >= 11 is 5.83. The van der Waals surface area contributed by atoms with Gasteiger partial charge in [0.1, 0.15) is 12.1 Å². The summed E-state index contributed by atoms with van der Waals surface area (Å²) in [5.74, 6) is -0.404. The Morgan fingerprint density at radius 3 is 2.62 bits per heavy atom. The van der Waals surface area contributed by atoms with E-state index in [1.807, 2.05) is 0 Å². The molecule has 5 heteroatoms. The second-order valence-corrected chi connectivity index (χ2v) is 4.16. The van der Waals surface area contributed by atoms with E-state index in [9.17, 15) is 9.59 Å². The Balaban J connectivity index is 2.27. The van der Waals surface area contributed by atoms with E-state index >= 15 is 0 Å². The average molecular weight is 239 g/mol. The molecule has 0 aromatic heterocycles. The fourth-order valence-corrected chi connectivity index (χ4v) is 1.81. The van der Waals surface area contributed by atoms with Gasteiger partial charge in [-0.25, -0.2) is 0 Å². The Bertz CT molecular complexity index is 447. The molecule has 84 valence electrons. The Morgan fingerprint density at radius 1 is 1.19 bits per heavy atom. The highest BCUT2D eigenvalue weighted by atomic mass is 35.5. The SMILES string of the molecule is C[C@H]1NC(=O)C(c2cccc(Cl)c2)NC1=O. The number of piperazine rings is 1. The lowest BCUT2D eigenvalue weighted by atomic mass is 10.0. The molecule has 0 radical (unpaired) electrons. The molecule has 1 heterocycles. The molecule has 4 nitrogen and oxygen atoms in total. The van der Waals surface area contributed by atoms with Gasteiger partial charge in [0.15, 0.2) is 0 Å². The van der Waals surface area contributed by atoms with Crippen LogP contribution in [0, 0.1) is 0 Å². The van der Waals surface area contributed by atoms with Crippen LogP contribution in [0.3, 0.4) is 0 Å². The zero-order valence-corrected chi connectivity index (χ0v) is 9.41. The number of nitrogens with one attached hydrogen (secondary N) is 2. The lowest BCUT2D eigenvalue weighted by Gasteiger charge is -2.27. The van der Waals surface area contributed by atoms with Crippen LogP contribution in [-0.2, 0) is 9.59 Å². The van der Waals surface area contributed by atoms with Crippen LogP contribution >= 0.6 is 11.6 Å². The Kier molecular flexibility index (Phi) is 2.83. The third-order valence-corrected chi connectivity index (χ3v) is 2.72. The van der Waals surface area contributed by atoms with E-state index in [2.05, 4.69) is 10.6 Å². The minimum Gasteiger partial charge on any atom is -0.342 e. The third kappa shape index (κ3) is 2.02. The van der Waals surface area contributed by atoms with Crippen molar-refractivity contribution in [2.45, 2.75) is 19.0 Å². The number of hydrogen-bond donors (Lipinski definition) is 2. The van der Waals surface area contributed by atoms with E-state index in [0.29, 0.717) is 10.6 Å². The molecule has 2 rings (SSSR count). The number of carbonyl (C=O) groups excluding carboxylic acids is 2. The normalized spacial score (nSPS) is 24.9. The summed E-state index contributed by atoms with van der Waals surface area (Å²) in [6, 6.07) is 5.75. The topological polar surface area (TPSA) is 58.2 Å². The molecule has 0 aliphatic carbocycles. The Hall–Kier alpha value is -1.55. The van der Waals surface area contributed by atoms with Crippen LogP contribution in [0.5, 0.6) is 0 Å². The first-order valence-electron chi connectivity index (χ1n) is 4.94. The number of rotatable bonds is 1. The lowest BCUT2D eigenvalue weighted by Crippen LogP contribution is -2.56. The standard InChI is InChI=1S/C11H11ClN2O2/c1-6-10(15)14-9(11(16)13-6)7-3-2-4-8(12)5-7/h2-6,9H,1H3,(H,13,16)(H,14,15)/t6-,9?/m1/s1. The predicted molar refractivity (Wildman–Crippen MR) is 59.9 cm³/mol. The molecule has 1 aliphatic rings. The summed E-state index contributed by atoms with van der Waals surface area (Å²) in [4.78, 5) is 23.1. The van der Waals surface area contributed by atoms with Crippen molar-refractivity contribution < 1.29 is 9.59 Å². The summed E-state index contributed by atoms with van der Waals surface area (Å²) in [5.41, 5.74) is 0.685. The van der Waals surface area contributed by atoms with Gasteiger partial charge in [-0.05, 0) is 24.6 Å². The highest BCUT2D eigenvalue weighted by Crippen LogP contribution is 2.20. The van der Waals surface area contributed by atoms with Crippen LogP contribution in [0.25, 0.3) is 0 Å². The Labute approximate surface area is 98.0 Å². The molecule has 2 N–H and O–H groups in total. The number of amides is 2. The lowest BCUT2D eigenvalue weighted by molar-refractivity contribution is -0.136. The molecule has 0 bridgehead atoms. The molecule has 1 fully saturated rings. The summed E-state index contributed by atoms with van der Waals surface area (Å²) < 4.78 is 0. The maximum absolute atomic E-state index is 11.7. The summed E-state index contributed by atoms with van der Waals surface area (Å²) in [6.45, 7) is 1.64. The largest absolute Gasteiger partial charge is 0.342 e. The summed E-state index contributed by atoms with van der Waals surface area (Å²) in [6.07, 6.45) is 0. The average Bonchev–Trinajstić information content (AvgIpc) is 2.23. The minimum atomic E-state index is -0.651. The van der Waals surface area contributed by atoms with Gasteiger partial charge in [0.05, 0.1) is 0 Å². The zero-order chi connectivity index (χ0) is 11.7. The van der Waals surface area contributed by atoms with E-state index in [1.54, 1.807) is 31.2 Å². The molecule has 1 aliphatic heterocycles. The van der Waals surface area contributed by atoms with Crippen molar-refractivity contribution in [3.63, 3.8) is 0 Å². The number of hydrogen-bond acceptors (Lipinski definition) is 2. The van der Waals surface area contributed by atoms with Crippen molar-refractivity contribution in [2.24, 2.45) is 0 Å². The van der Waals surface area contributed by atoms with Crippen LogP contribution in [0.15, 0.2) is 24.3 Å². The zero-order valence-electron chi connectivity index (χ0n) is 8.66. The first-order valence-corrected chi connectivity index (χ1v) is 5.32. The van der Waals surface area contributed by atoms with Crippen molar-refractivity contribution in [2.75, 3.05) is 0 Å². The van der Waals surface area contributed by atoms with Gasteiger partial charge in [0, 0.05) is 5.02 Å². The molecule has 2 amide bonds. The molecule has 2 atom stereocenters. The van der Waals surface area contributed by atoms with Gasteiger partial charge in [-0.2, -0.15) is 0 Å². The van der Waals surface area contributed by atoms with Gasteiger partial charge in [0.2, 0.25) is 11.8 Å². The number of carbonyl (C=O) groups is 2. The minimum absolute atomic E-state index is 0.190. The van der Waals surface area contributed by atoms with Crippen molar-refractivity contribution in [1.82, 2.24) is 10.6 Å². The molecule has 1 saturated heterocycles. The van der Waals surface area contributed by atoms with Crippen molar-refractivity contribution >= 4 is 23.4 Å². The first kappa shape index (κ1) is 11.0. The molecule has 1 aromatic carbocycles. The van der Waals surface area contributed by atoms with Gasteiger partial charge in [-0.1, -0.05) is 23.7 Å². The van der Waals surface area contributed by atoms with E-state index in [-0.39, 0.29) is 11.8 Å². The van der Waals surface area contributed by atoms with Crippen LogP contribution in [0.4, 0.5) is 0 Å². The van der Waals surface area contributed by atoms with Crippen molar-refractivity contribution in [1.29, 1.82) is 0 Å². The van der Waals surface area contributed by atoms with E-state index in [0.717, 1.165) is 0 Å². The van der Waals surface area contributed by atoms with Crippen molar-refractivity contribution in [3.05, 3.63) is 34.9 Å². The number of benzene rings is 1. The van der Waals surface area contributed by atoms with Gasteiger partial charge in [0.25, 0.3) is 0 Å². The highest BCUT2D eigenvalue weighted by molar-refractivity contribution is 6.30. The van der Waals surface area contributed by atoms with Gasteiger partial charge in [-0.15, -0.1) is 0 Å². The fourth-order valence-electron chi connectivity index (χ4n) is 1.62. The quantitative estimate of drug-likeness (QED) is 0.767. The van der Waals surface area contributed by atoms with Crippen LogP contribution in [0.2, 0.25) is 5.02 Å². The van der Waals surface area contributed by atoms with Gasteiger partial charge >= 0.3 is 0 Å². The van der Waals surface area contributed by atoms with Gasteiger partial charge < -0.3 is 10.6 Å². The molecule has 0 spiro atoms. The van der Waals surface area contributed by atoms with Crippen molar-refractivity contribution in [3.8, 4) is 0 Å². The molecule has 0 saturated carbocycles. The number of halogens is 1. The molecule has 16 heavy (non-hydrogen) atoms. The second-order valence-electron chi connectivity index (χ2n) is 3.73. The van der Waals surface area contributed by atoms with E-state index < -0.39 is 12.1 Å².